The number of nitrogens with one attached hydrogen (secondary N) is 2. The second-order valence-electron chi connectivity index (χ2n) is 5.97. The number of esters is 1. The normalized spacial score (nSPS) is 11.7. The second kappa shape index (κ2) is 8.27. The van der Waals surface area contributed by atoms with Crippen LogP contribution in [0, 0.1) is 0 Å². The van der Waals surface area contributed by atoms with Crippen molar-refractivity contribution in [1.82, 2.24) is 15.3 Å². The Labute approximate surface area is 155 Å². The lowest BCUT2D eigenvalue weighted by molar-refractivity contribution is -0.148. The number of fused-ring (bicyclic) bond motifs is 1. The van der Waals surface area contributed by atoms with Gasteiger partial charge in [0.15, 0.2) is 11.9 Å². The van der Waals surface area contributed by atoms with Crippen LogP contribution in [0.1, 0.15) is 35.6 Å². The van der Waals surface area contributed by atoms with Crippen molar-refractivity contribution in [2.75, 3.05) is 6.54 Å². The van der Waals surface area contributed by atoms with E-state index in [1.165, 1.54) is 0 Å². The summed E-state index contributed by atoms with van der Waals surface area (Å²) in [6.07, 6.45) is -0.694. The minimum atomic E-state index is -0.709. The van der Waals surface area contributed by atoms with Crippen molar-refractivity contribution >= 4 is 22.8 Å². The summed E-state index contributed by atoms with van der Waals surface area (Å²) >= 11 is 0. The molecule has 0 aliphatic carbocycles. The average molecular weight is 365 g/mol. The topological polar surface area (TPSA) is 101 Å². The fraction of sp³-hybridized carbons (Fsp3) is 0.200. The molecule has 0 spiro atoms. The summed E-state index contributed by atoms with van der Waals surface area (Å²) in [5, 5.41) is 3.14. The molecule has 2 aromatic carbocycles. The Bertz CT molecular complexity index is 1010. The van der Waals surface area contributed by atoms with Gasteiger partial charge < -0.3 is 15.0 Å². The maximum Gasteiger partial charge on any atom is 0.308 e. The van der Waals surface area contributed by atoms with E-state index in [9.17, 15) is 14.4 Å². The van der Waals surface area contributed by atoms with Crippen molar-refractivity contribution in [1.29, 1.82) is 0 Å². The van der Waals surface area contributed by atoms with Crippen LogP contribution in [0.3, 0.4) is 0 Å². The van der Waals surface area contributed by atoms with E-state index in [0.29, 0.717) is 16.5 Å². The van der Waals surface area contributed by atoms with Crippen molar-refractivity contribution in [3.63, 3.8) is 0 Å². The molecule has 1 aromatic heterocycles. The highest BCUT2D eigenvalue weighted by Gasteiger charge is 2.15. The number of aromatic nitrogens is 2. The number of nitrogens with zero attached hydrogens (tertiary/aromatic N) is 1. The van der Waals surface area contributed by atoms with Crippen molar-refractivity contribution in [2.24, 2.45) is 0 Å². The van der Waals surface area contributed by atoms with Crippen LogP contribution in [0.25, 0.3) is 10.9 Å². The minimum absolute atomic E-state index is 0.0146. The molecule has 0 saturated carbocycles. The number of amides is 1. The van der Waals surface area contributed by atoms with Crippen LogP contribution in [0.2, 0.25) is 0 Å². The van der Waals surface area contributed by atoms with Gasteiger partial charge in [0.2, 0.25) is 0 Å². The third-order valence-corrected chi connectivity index (χ3v) is 3.98. The Hall–Kier alpha value is -3.48. The van der Waals surface area contributed by atoms with E-state index in [-0.39, 0.29) is 30.3 Å². The lowest BCUT2D eigenvalue weighted by Crippen LogP contribution is -2.27. The molecule has 3 rings (SSSR count). The number of H-pyrrole nitrogens is 1. The largest absolute Gasteiger partial charge is 0.454 e. The van der Waals surface area contributed by atoms with E-state index in [2.05, 4.69) is 15.3 Å². The monoisotopic (exact) mass is 365 g/mol. The van der Waals surface area contributed by atoms with Crippen LogP contribution >= 0.6 is 0 Å². The van der Waals surface area contributed by atoms with Gasteiger partial charge in [-0.1, -0.05) is 30.3 Å². The molecule has 0 fully saturated rings. The molecule has 0 radical (unpaired) electrons. The zero-order valence-electron chi connectivity index (χ0n) is 14.8. The van der Waals surface area contributed by atoms with Gasteiger partial charge in [-0.05, 0) is 31.2 Å². The highest BCUT2D eigenvalue weighted by molar-refractivity contribution is 5.94. The van der Waals surface area contributed by atoms with Crippen LogP contribution in [-0.2, 0) is 9.53 Å². The lowest BCUT2D eigenvalue weighted by atomic mass is 10.2. The Morgan fingerprint density at radius 1 is 1.11 bits per heavy atom. The molecule has 3 aromatic rings. The third kappa shape index (κ3) is 4.58. The molecule has 138 valence electrons. The van der Waals surface area contributed by atoms with Gasteiger partial charge in [-0.3, -0.25) is 14.4 Å². The molecule has 0 unspecified atom stereocenters. The van der Waals surface area contributed by atoms with E-state index in [1.807, 2.05) is 6.07 Å². The second-order valence-corrected chi connectivity index (χ2v) is 5.97. The maximum absolute atomic E-state index is 12.1. The van der Waals surface area contributed by atoms with Gasteiger partial charge in [0, 0.05) is 12.1 Å². The highest BCUT2D eigenvalue weighted by atomic mass is 16.5. The number of rotatable bonds is 6. The summed E-state index contributed by atoms with van der Waals surface area (Å²) in [6.45, 7) is 1.79. The summed E-state index contributed by atoms with van der Waals surface area (Å²) in [7, 11) is 0. The van der Waals surface area contributed by atoms with E-state index < -0.39 is 12.1 Å². The average Bonchev–Trinajstić information content (AvgIpc) is 2.68. The predicted molar refractivity (Wildman–Crippen MR) is 100 cm³/mol. The molecule has 1 heterocycles. The van der Waals surface area contributed by atoms with E-state index in [1.54, 1.807) is 55.5 Å². The van der Waals surface area contributed by atoms with Gasteiger partial charge in [-0.2, -0.15) is 0 Å². The maximum atomic E-state index is 12.1. The van der Waals surface area contributed by atoms with Gasteiger partial charge in [0.1, 0.15) is 0 Å². The smallest absolute Gasteiger partial charge is 0.308 e. The van der Waals surface area contributed by atoms with Crippen LogP contribution in [0.5, 0.6) is 0 Å². The molecular formula is C20H19N3O4. The Morgan fingerprint density at radius 2 is 1.81 bits per heavy atom. The molecular weight excluding hydrogens is 346 g/mol. The molecule has 1 atom stereocenters. The van der Waals surface area contributed by atoms with Crippen molar-refractivity contribution in [3.8, 4) is 0 Å². The summed E-state index contributed by atoms with van der Waals surface area (Å²) in [5.74, 6) is -0.469. The molecule has 7 heteroatoms. The van der Waals surface area contributed by atoms with Crippen LogP contribution in [0.4, 0.5) is 0 Å². The molecule has 0 aliphatic rings. The van der Waals surface area contributed by atoms with Crippen molar-refractivity contribution < 1.29 is 14.3 Å². The molecule has 1 amide bonds. The fourth-order valence-electron chi connectivity index (χ4n) is 2.58. The molecule has 7 nitrogen and oxygen atoms in total. The van der Waals surface area contributed by atoms with Gasteiger partial charge in [0.25, 0.3) is 11.5 Å². The Balaban J connectivity index is 1.55. The van der Waals surface area contributed by atoms with Crippen LogP contribution in [-0.4, -0.2) is 28.4 Å². The summed E-state index contributed by atoms with van der Waals surface area (Å²) < 4.78 is 5.30. The number of ether oxygens (including phenoxy) is 1. The number of para-hydroxylation sites is 1. The lowest BCUT2D eigenvalue weighted by Gasteiger charge is -2.13. The van der Waals surface area contributed by atoms with E-state index >= 15 is 0 Å². The Morgan fingerprint density at radius 3 is 2.59 bits per heavy atom. The summed E-state index contributed by atoms with van der Waals surface area (Å²) in [6, 6.07) is 15.7. The standard InChI is InChI=1S/C20H19N3O4/c1-13(18-22-16-10-6-5-9-15(16)20(26)23-18)27-17(24)11-12-21-19(25)14-7-3-2-4-8-14/h2-10,13H,11-12H2,1H3,(H,21,25)(H,22,23,26)/t13-/m0/s1. The van der Waals surface area contributed by atoms with Crippen LogP contribution < -0.4 is 10.9 Å². The zero-order chi connectivity index (χ0) is 19.2. The van der Waals surface area contributed by atoms with E-state index in [0.717, 1.165) is 0 Å². The zero-order valence-corrected chi connectivity index (χ0v) is 14.8. The Kier molecular flexibility index (Phi) is 5.61. The first-order valence-corrected chi connectivity index (χ1v) is 8.56. The number of hydrogen-bond donors (Lipinski definition) is 2. The SMILES string of the molecule is C[C@H](OC(=O)CCNC(=O)c1ccccc1)c1nc2ccccc2c(=O)[nH]1. The first kappa shape index (κ1) is 18.3. The number of benzene rings is 2. The molecule has 2 N–H and O–H groups in total. The first-order valence-electron chi connectivity index (χ1n) is 8.56. The molecule has 0 aliphatic heterocycles. The fourth-order valence-corrected chi connectivity index (χ4v) is 2.58. The summed E-state index contributed by atoms with van der Waals surface area (Å²) in [5.41, 5.74) is 0.778. The highest BCUT2D eigenvalue weighted by Crippen LogP contribution is 2.14. The van der Waals surface area contributed by atoms with Gasteiger partial charge in [0.05, 0.1) is 17.3 Å². The quantitative estimate of drug-likeness (QED) is 0.653. The summed E-state index contributed by atoms with van der Waals surface area (Å²) in [4.78, 5) is 43.0. The molecule has 0 bridgehead atoms. The first-order chi connectivity index (χ1) is 13.0. The van der Waals surface area contributed by atoms with Crippen LogP contribution in [0.15, 0.2) is 59.4 Å². The van der Waals surface area contributed by atoms with Gasteiger partial charge in [-0.15, -0.1) is 0 Å². The number of aromatic amines is 1. The van der Waals surface area contributed by atoms with Gasteiger partial charge in [-0.25, -0.2) is 4.98 Å². The van der Waals surface area contributed by atoms with Crippen molar-refractivity contribution in [3.05, 3.63) is 76.3 Å². The number of hydrogen-bond acceptors (Lipinski definition) is 5. The van der Waals surface area contributed by atoms with E-state index in [4.69, 9.17) is 4.74 Å². The third-order valence-electron chi connectivity index (χ3n) is 3.98. The molecule has 0 saturated heterocycles. The minimum Gasteiger partial charge on any atom is -0.454 e. The number of carbonyl (C=O) groups excluding carboxylic acids is 2. The predicted octanol–water partition coefficient (Wildman–Crippen LogP) is 2.35. The van der Waals surface area contributed by atoms with Gasteiger partial charge >= 0.3 is 5.97 Å². The number of carbonyl (C=O) groups is 2. The molecule has 27 heavy (non-hydrogen) atoms. The van der Waals surface area contributed by atoms with Crippen molar-refractivity contribution in [2.45, 2.75) is 19.4 Å².